The van der Waals surface area contributed by atoms with Crippen LogP contribution in [0.15, 0.2) is 41.9 Å². The van der Waals surface area contributed by atoms with E-state index in [0.717, 1.165) is 18.1 Å². The van der Waals surface area contributed by atoms with Crippen LogP contribution in [0, 0.1) is 0 Å². The van der Waals surface area contributed by atoms with Crippen molar-refractivity contribution in [3.63, 3.8) is 0 Å². The summed E-state index contributed by atoms with van der Waals surface area (Å²) in [6, 6.07) is 6.69. The Hall–Kier alpha value is -1.76. The lowest BCUT2D eigenvalue weighted by Crippen LogP contribution is -2.38. The molecule has 0 heterocycles. The fraction of sp³-hybridized carbons (Fsp3) is 0.400. The lowest BCUT2D eigenvalue weighted by molar-refractivity contribution is -0.0504. The van der Waals surface area contributed by atoms with Crippen LogP contribution in [0.4, 0.5) is 8.78 Å². The second-order valence-electron chi connectivity index (χ2n) is 4.20. The number of alkyl halides is 2. The van der Waals surface area contributed by atoms with Crippen LogP contribution in [0.2, 0.25) is 0 Å². The number of hydrogen-bond acceptors (Lipinski definition) is 3. The van der Waals surface area contributed by atoms with Gasteiger partial charge in [-0.15, -0.1) is 6.58 Å². The average molecular weight is 329 g/mol. The first-order valence-electron chi connectivity index (χ1n) is 6.83. The van der Waals surface area contributed by atoms with Gasteiger partial charge in [0.25, 0.3) is 0 Å². The Labute approximate surface area is 134 Å². The largest absolute Gasteiger partial charge is 0.434 e. The molecular formula is C15H21F2N3OS. The number of hydrogen-bond donors (Lipinski definition) is 2. The normalized spacial score (nSPS) is 11.4. The molecule has 0 bridgehead atoms. The molecule has 0 saturated carbocycles. The van der Waals surface area contributed by atoms with Gasteiger partial charge in [-0.1, -0.05) is 24.3 Å². The van der Waals surface area contributed by atoms with Gasteiger partial charge in [0.15, 0.2) is 5.96 Å². The molecule has 0 radical (unpaired) electrons. The van der Waals surface area contributed by atoms with E-state index in [1.54, 1.807) is 37.0 Å². The van der Waals surface area contributed by atoms with Crippen molar-refractivity contribution in [3.8, 4) is 5.75 Å². The minimum atomic E-state index is -2.83. The number of para-hydroxylation sites is 1. The van der Waals surface area contributed by atoms with Crippen LogP contribution < -0.4 is 15.4 Å². The van der Waals surface area contributed by atoms with Gasteiger partial charge < -0.3 is 15.4 Å². The molecule has 2 N–H and O–H groups in total. The summed E-state index contributed by atoms with van der Waals surface area (Å²) >= 11 is 1.76. The molecule has 0 atom stereocenters. The van der Waals surface area contributed by atoms with Gasteiger partial charge in [-0.25, -0.2) is 0 Å². The molecule has 1 rings (SSSR count). The van der Waals surface area contributed by atoms with E-state index in [4.69, 9.17) is 0 Å². The molecule has 0 amide bonds. The van der Waals surface area contributed by atoms with Crippen LogP contribution in [0.1, 0.15) is 5.56 Å². The van der Waals surface area contributed by atoms with Crippen molar-refractivity contribution in [1.82, 2.24) is 10.6 Å². The van der Waals surface area contributed by atoms with Crippen molar-refractivity contribution in [2.24, 2.45) is 4.99 Å². The minimum absolute atomic E-state index is 0.169. The third-order valence-corrected chi connectivity index (χ3v) is 3.60. The molecule has 0 saturated heterocycles. The Morgan fingerprint density at radius 3 is 2.86 bits per heavy atom. The van der Waals surface area contributed by atoms with Gasteiger partial charge in [0.05, 0.1) is 0 Å². The summed E-state index contributed by atoms with van der Waals surface area (Å²) in [6.07, 6.45) is 1.86. The third kappa shape index (κ3) is 7.31. The van der Waals surface area contributed by atoms with E-state index in [1.807, 2.05) is 6.08 Å². The summed E-state index contributed by atoms with van der Waals surface area (Å²) in [4.78, 5) is 4.09. The number of halogens is 2. The molecule has 0 unspecified atom stereocenters. The van der Waals surface area contributed by atoms with Gasteiger partial charge in [-0.2, -0.15) is 20.5 Å². The van der Waals surface area contributed by atoms with E-state index in [0.29, 0.717) is 18.1 Å². The van der Waals surface area contributed by atoms with Crippen molar-refractivity contribution in [3.05, 3.63) is 42.5 Å². The highest BCUT2D eigenvalue weighted by Gasteiger charge is 2.09. The van der Waals surface area contributed by atoms with Gasteiger partial charge in [0.2, 0.25) is 0 Å². The Balaban J connectivity index is 2.44. The second kappa shape index (κ2) is 10.9. The summed E-state index contributed by atoms with van der Waals surface area (Å²) in [7, 11) is 1.66. The van der Waals surface area contributed by atoms with E-state index in [1.165, 1.54) is 6.07 Å². The maximum absolute atomic E-state index is 12.3. The van der Waals surface area contributed by atoms with Crippen LogP contribution in [0.25, 0.3) is 0 Å². The molecule has 0 aliphatic heterocycles. The van der Waals surface area contributed by atoms with Crippen molar-refractivity contribution in [2.75, 3.05) is 25.1 Å². The molecule has 0 aliphatic rings. The summed E-state index contributed by atoms with van der Waals surface area (Å²) in [5, 5.41) is 6.23. The minimum Gasteiger partial charge on any atom is -0.434 e. The van der Waals surface area contributed by atoms with Gasteiger partial charge in [0.1, 0.15) is 5.75 Å². The molecule has 0 aromatic heterocycles. The van der Waals surface area contributed by atoms with E-state index in [-0.39, 0.29) is 5.75 Å². The molecule has 4 nitrogen and oxygen atoms in total. The van der Waals surface area contributed by atoms with E-state index < -0.39 is 6.61 Å². The number of thioether (sulfide) groups is 1. The molecule has 1 aromatic rings. The predicted octanol–water partition coefficient (Wildman–Crippen LogP) is 2.87. The summed E-state index contributed by atoms with van der Waals surface area (Å²) in [5.41, 5.74) is 0.645. The lowest BCUT2D eigenvalue weighted by Gasteiger charge is -2.14. The number of benzene rings is 1. The van der Waals surface area contributed by atoms with Crippen molar-refractivity contribution >= 4 is 17.7 Å². The van der Waals surface area contributed by atoms with Crippen LogP contribution in [0.3, 0.4) is 0 Å². The van der Waals surface area contributed by atoms with E-state index in [2.05, 4.69) is 26.9 Å². The monoisotopic (exact) mass is 329 g/mol. The van der Waals surface area contributed by atoms with Crippen LogP contribution in [-0.2, 0) is 6.54 Å². The summed E-state index contributed by atoms with van der Waals surface area (Å²) in [6.45, 7) is 1.93. The Morgan fingerprint density at radius 1 is 1.41 bits per heavy atom. The number of rotatable bonds is 9. The zero-order chi connectivity index (χ0) is 16.2. The molecule has 0 fully saturated rings. The average Bonchev–Trinajstić information content (AvgIpc) is 2.51. The van der Waals surface area contributed by atoms with Crippen molar-refractivity contribution < 1.29 is 13.5 Å². The SMILES string of the molecule is C=CCSCCNC(=NC)NCc1ccccc1OC(F)F. The lowest BCUT2D eigenvalue weighted by atomic mass is 10.2. The number of nitrogens with zero attached hydrogens (tertiary/aromatic N) is 1. The van der Waals surface area contributed by atoms with Crippen LogP contribution >= 0.6 is 11.8 Å². The molecule has 0 aliphatic carbocycles. The van der Waals surface area contributed by atoms with E-state index >= 15 is 0 Å². The Morgan fingerprint density at radius 2 is 2.18 bits per heavy atom. The molecule has 7 heteroatoms. The van der Waals surface area contributed by atoms with Crippen LogP contribution in [0.5, 0.6) is 5.75 Å². The van der Waals surface area contributed by atoms with Gasteiger partial charge in [-0.3, -0.25) is 4.99 Å². The molecule has 0 spiro atoms. The topological polar surface area (TPSA) is 45.7 Å². The highest BCUT2D eigenvalue weighted by Crippen LogP contribution is 2.19. The highest BCUT2D eigenvalue weighted by atomic mass is 32.2. The Kier molecular flexibility index (Phi) is 9.06. The Bertz CT molecular complexity index is 484. The summed E-state index contributed by atoms with van der Waals surface area (Å²) < 4.78 is 29.2. The quantitative estimate of drug-likeness (QED) is 0.316. The predicted molar refractivity (Wildman–Crippen MR) is 88.8 cm³/mol. The molecule has 22 heavy (non-hydrogen) atoms. The summed E-state index contributed by atoms with van der Waals surface area (Å²) in [5.74, 6) is 2.62. The second-order valence-corrected chi connectivity index (χ2v) is 5.35. The number of guanidine groups is 1. The first-order chi connectivity index (χ1) is 10.7. The number of ether oxygens (including phenoxy) is 1. The van der Waals surface area contributed by atoms with Crippen LogP contribution in [-0.4, -0.2) is 37.7 Å². The van der Waals surface area contributed by atoms with Gasteiger partial charge >= 0.3 is 6.61 Å². The fourth-order valence-electron chi connectivity index (χ4n) is 1.67. The molecule has 1 aromatic carbocycles. The first-order valence-corrected chi connectivity index (χ1v) is 7.98. The zero-order valence-corrected chi connectivity index (χ0v) is 13.3. The number of nitrogens with one attached hydrogen (secondary N) is 2. The number of aliphatic imine (C=N–C) groups is 1. The maximum atomic E-state index is 12.3. The zero-order valence-electron chi connectivity index (χ0n) is 12.5. The fourth-order valence-corrected chi connectivity index (χ4v) is 2.25. The van der Waals surface area contributed by atoms with Crippen molar-refractivity contribution in [2.45, 2.75) is 13.2 Å². The highest BCUT2D eigenvalue weighted by molar-refractivity contribution is 7.99. The maximum Gasteiger partial charge on any atom is 0.387 e. The van der Waals surface area contributed by atoms with E-state index in [9.17, 15) is 8.78 Å². The first kappa shape index (κ1) is 18.3. The van der Waals surface area contributed by atoms with Crippen molar-refractivity contribution in [1.29, 1.82) is 0 Å². The molecule has 122 valence electrons. The van der Waals surface area contributed by atoms with Gasteiger partial charge in [0, 0.05) is 37.2 Å². The standard InChI is InChI=1S/C15H21F2N3OS/c1-3-9-22-10-8-19-15(18-2)20-11-12-6-4-5-7-13(12)21-14(16)17/h3-7,14H,1,8-11H2,2H3,(H2,18,19,20). The van der Waals surface area contributed by atoms with Gasteiger partial charge in [-0.05, 0) is 6.07 Å². The smallest absolute Gasteiger partial charge is 0.387 e. The third-order valence-electron chi connectivity index (χ3n) is 2.63. The molecular weight excluding hydrogens is 308 g/mol.